The van der Waals surface area contributed by atoms with Gasteiger partial charge in [-0.25, -0.2) is 17.2 Å². The van der Waals surface area contributed by atoms with Crippen molar-refractivity contribution in [2.45, 2.75) is 50.7 Å². The predicted octanol–water partition coefficient (Wildman–Crippen LogP) is 5.72. The molecule has 4 rings (SSSR count). The largest absolute Gasteiger partial charge is 0.494 e. The van der Waals surface area contributed by atoms with Gasteiger partial charge in [0.2, 0.25) is 11.8 Å². The van der Waals surface area contributed by atoms with Crippen LogP contribution in [0, 0.1) is 11.6 Å². The Balaban J connectivity index is 1.81. The topological polar surface area (TPSA) is 96.0 Å². The van der Waals surface area contributed by atoms with Crippen molar-refractivity contribution in [1.82, 2.24) is 10.2 Å². The van der Waals surface area contributed by atoms with E-state index in [1.807, 2.05) is 25.1 Å². The first kappa shape index (κ1) is 34.1. The highest BCUT2D eigenvalue weighted by Crippen LogP contribution is 2.27. The third kappa shape index (κ3) is 8.69. The van der Waals surface area contributed by atoms with Gasteiger partial charge < -0.3 is 15.0 Å². The summed E-state index contributed by atoms with van der Waals surface area (Å²) in [6, 6.07) is 24.0. The molecule has 11 heteroatoms. The van der Waals surface area contributed by atoms with E-state index in [0.29, 0.717) is 12.4 Å². The molecule has 8 nitrogen and oxygen atoms in total. The van der Waals surface area contributed by atoms with Crippen molar-refractivity contribution in [2.75, 3.05) is 17.5 Å². The average Bonchev–Trinajstić information content (AvgIpc) is 3.03. The standard InChI is InChI=1S/C35H37F2N3O5S/c1-4-45-30-18-16-29(17-19-30)40(46(43,44)31-20-14-28(36)15-21-31)24-34(41)39(23-27-12-8-9-13-32(27)37)33(35(42)38-25(2)3)22-26-10-6-5-7-11-26/h5-21,25,33H,4,22-24H2,1-3H3,(H,38,42). The zero-order chi connectivity index (χ0) is 33.3. The van der Waals surface area contributed by atoms with Crippen LogP contribution in [0.1, 0.15) is 31.9 Å². The second-order valence-electron chi connectivity index (χ2n) is 10.9. The predicted molar refractivity (Wildman–Crippen MR) is 173 cm³/mol. The van der Waals surface area contributed by atoms with Gasteiger partial charge in [0, 0.05) is 24.6 Å². The molecular weight excluding hydrogens is 612 g/mol. The van der Waals surface area contributed by atoms with Gasteiger partial charge in [-0.1, -0.05) is 48.5 Å². The van der Waals surface area contributed by atoms with E-state index < -0.39 is 46.1 Å². The maximum Gasteiger partial charge on any atom is 0.264 e. The molecule has 0 spiro atoms. The average molecular weight is 650 g/mol. The molecule has 0 fully saturated rings. The van der Waals surface area contributed by atoms with E-state index in [0.717, 1.165) is 34.1 Å². The molecule has 46 heavy (non-hydrogen) atoms. The summed E-state index contributed by atoms with van der Waals surface area (Å²) >= 11 is 0. The minimum absolute atomic E-state index is 0.0906. The fourth-order valence-corrected chi connectivity index (χ4v) is 6.30. The molecule has 2 amide bonds. The summed E-state index contributed by atoms with van der Waals surface area (Å²) in [4.78, 5) is 29.1. The molecule has 0 saturated heterocycles. The first-order valence-corrected chi connectivity index (χ1v) is 16.3. The van der Waals surface area contributed by atoms with Crippen molar-refractivity contribution in [2.24, 2.45) is 0 Å². The summed E-state index contributed by atoms with van der Waals surface area (Å²) in [6.45, 7) is 4.72. The van der Waals surface area contributed by atoms with Crippen LogP contribution in [0.5, 0.6) is 5.75 Å². The van der Waals surface area contributed by atoms with E-state index in [1.165, 1.54) is 35.2 Å². The Morgan fingerprint density at radius 1 is 0.848 bits per heavy atom. The summed E-state index contributed by atoms with van der Waals surface area (Å²) in [5.74, 6) is -1.93. The number of anilines is 1. The van der Waals surface area contributed by atoms with E-state index in [2.05, 4.69) is 5.32 Å². The van der Waals surface area contributed by atoms with Gasteiger partial charge in [0.25, 0.3) is 10.0 Å². The number of amides is 2. The van der Waals surface area contributed by atoms with Crippen LogP contribution in [-0.2, 0) is 32.6 Å². The highest BCUT2D eigenvalue weighted by atomic mass is 32.2. The molecule has 0 aliphatic carbocycles. The highest BCUT2D eigenvalue weighted by Gasteiger charge is 2.35. The Morgan fingerprint density at radius 3 is 2.09 bits per heavy atom. The summed E-state index contributed by atoms with van der Waals surface area (Å²) < 4.78 is 63.2. The van der Waals surface area contributed by atoms with Gasteiger partial charge in [0.15, 0.2) is 0 Å². The smallest absolute Gasteiger partial charge is 0.264 e. The molecular formula is C35H37F2N3O5S. The van der Waals surface area contributed by atoms with Crippen LogP contribution < -0.4 is 14.4 Å². The van der Waals surface area contributed by atoms with Crippen LogP contribution in [0.4, 0.5) is 14.5 Å². The third-order valence-corrected chi connectivity index (χ3v) is 8.90. The summed E-state index contributed by atoms with van der Waals surface area (Å²) in [5.41, 5.74) is 1.04. The van der Waals surface area contributed by atoms with Crippen molar-refractivity contribution in [3.8, 4) is 5.75 Å². The Morgan fingerprint density at radius 2 is 1.48 bits per heavy atom. The van der Waals surface area contributed by atoms with E-state index in [1.54, 1.807) is 44.2 Å². The van der Waals surface area contributed by atoms with Gasteiger partial charge in [-0.3, -0.25) is 13.9 Å². The zero-order valence-corrected chi connectivity index (χ0v) is 26.7. The van der Waals surface area contributed by atoms with E-state index in [9.17, 15) is 26.8 Å². The molecule has 1 unspecified atom stereocenters. The number of ether oxygens (including phenoxy) is 1. The lowest BCUT2D eigenvalue weighted by atomic mass is 10.0. The number of rotatable bonds is 14. The van der Waals surface area contributed by atoms with Crippen molar-refractivity contribution >= 4 is 27.5 Å². The lowest BCUT2D eigenvalue weighted by molar-refractivity contribution is -0.140. The van der Waals surface area contributed by atoms with Gasteiger partial charge in [0.1, 0.15) is 30.0 Å². The van der Waals surface area contributed by atoms with Crippen LogP contribution in [0.25, 0.3) is 0 Å². The molecule has 0 aliphatic heterocycles. The third-order valence-electron chi connectivity index (χ3n) is 7.12. The minimum Gasteiger partial charge on any atom is -0.494 e. The minimum atomic E-state index is -4.43. The maximum absolute atomic E-state index is 15.0. The summed E-state index contributed by atoms with van der Waals surface area (Å²) in [7, 11) is -4.43. The molecule has 0 heterocycles. The van der Waals surface area contributed by atoms with Crippen LogP contribution >= 0.6 is 0 Å². The Labute approximate surface area is 268 Å². The van der Waals surface area contributed by atoms with E-state index in [4.69, 9.17) is 4.74 Å². The number of hydrogen-bond donors (Lipinski definition) is 1. The van der Waals surface area contributed by atoms with Crippen LogP contribution in [0.2, 0.25) is 0 Å². The number of benzene rings is 4. The number of nitrogens with one attached hydrogen (secondary N) is 1. The normalized spacial score (nSPS) is 12.0. The Hall–Kier alpha value is -4.77. The summed E-state index contributed by atoms with van der Waals surface area (Å²) in [5, 5.41) is 2.86. The number of nitrogens with zero attached hydrogens (tertiary/aromatic N) is 2. The monoisotopic (exact) mass is 649 g/mol. The van der Waals surface area contributed by atoms with Crippen molar-refractivity contribution in [1.29, 1.82) is 0 Å². The molecule has 242 valence electrons. The molecule has 0 bridgehead atoms. The molecule has 0 aliphatic rings. The van der Waals surface area contributed by atoms with Gasteiger partial charge in [-0.2, -0.15) is 0 Å². The lowest BCUT2D eigenvalue weighted by Gasteiger charge is -2.34. The number of carbonyl (C=O) groups excluding carboxylic acids is 2. The van der Waals surface area contributed by atoms with Crippen molar-refractivity contribution < 1.29 is 31.5 Å². The van der Waals surface area contributed by atoms with Gasteiger partial charge in [0.05, 0.1) is 17.2 Å². The van der Waals surface area contributed by atoms with Crippen LogP contribution in [-0.4, -0.2) is 50.4 Å². The van der Waals surface area contributed by atoms with E-state index >= 15 is 0 Å². The van der Waals surface area contributed by atoms with Gasteiger partial charge in [-0.05, 0) is 80.9 Å². The number of hydrogen-bond acceptors (Lipinski definition) is 5. The highest BCUT2D eigenvalue weighted by molar-refractivity contribution is 7.92. The van der Waals surface area contributed by atoms with E-state index in [-0.39, 0.29) is 35.2 Å². The Bertz CT molecular complexity index is 1720. The van der Waals surface area contributed by atoms with Crippen molar-refractivity contribution in [3.63, 3.8) is 0 Å². The lowest BCUT2D eigenvalue weighted by Crippen LogP contribution is -2.54. The first-order chi connectivity index (χ1) is 22.0. The number of halogens is 2. The Kier molecular flexibility index (Phi) is 11.5. The van der Waals surface area contributed by atoms with Gasteiger partial charge >= 0.3 is 0 Å². The fourth-order valence-electron chi connectivity index (χ4n) is 4.88. The second-order valence-corrected chi connectivity index (χ2v) is 12.7. The fraction of sp³-hybridized carbons (Fsp3) is 0.257. The van der Waals surface area contributed by atoms with Crippen LogP contribution in [0.3, 0.4) is 0 Å². The SMILES string of the molecule is CCOc1ccc(N(CC(=O)N(Cc2ccccc2F)C(Cc2ccccc2)C(=O)NC(C)C)S(=O)(=O)c2ccc(F)cc2)cc1. The second kappa shape index (κ2) is 15.5. The first-order valence-electron chi connectivity index (χ1n) is 14.9. The quantitative estimate of drug-likeness (QED) is 0.189. The zero-order valence-electron chi connectivity index (χ0n) is 25.9. The molecule has 0 aromatic heterocycles. The van der Waals surface area contributed by atoms with Crippen molar-refractivity contribution in [3.05, 3.63) is 126 Å². The number of carbonyl (C=O) groups is 2. The number of sulfonamides is 1. The maximum atomic E-state index is 15.0. The summed E-state index contributed by atoms with van der Waals surface area (Å²) in [6.07, 6.45) is 0.0906. The van der Waals surface area contributed by atoms with Gasteiger partial charge in [-0.15, -0.1) is 0 Å². The van der Waals surface area contributed by atoms with Crippen LogP contribution in [0.15, 0.2) is 108 Å². The molecule has 4 aromatic carbocycles. The molecule has 4 aromatic rings. The molecule has 0 saturated carbocycles. The molecule has 1 atom stereocenters. The molecule has 0 radical (unpaired) electrons. The molecule has 1 N–H and O–H groups in total.